The van der Waals surface area contributed by atoms with Crippen LogP contribution in [-0.2, 0) is 6.18 Å². The van der Waals surface area contributed by atoms with E-state index in [1.807, 2.05) is 0 Å². The molecule has 3 nitrogen and oxygen atoms in total. The second kappa shape index (κ2) is 6.18. The first kappa shape index (κ1) is 15.4. The lowest BCUT2D eigenvalue weighted by atomic mass is 10.1. The molecule has 1 fully saturated rings. The molecule has 0 aromatic carbocycles. The standard InChI is InChI=1S/C13H17ClF3N3/c1-2-20-5-3-4-10(8-20)19-12-11(14)6-9(7-18-12)13(15,16)17/h6-7,10H,2-5,8H2,1H3,(H,18,19). The van der Waals surface area contributed by atoms with E-state index in [4.69, 9.17) is 11.6 Å². The minimum absolute atomic E-state index is 0.00782. The molecule has 1 aromatic heterocycles. The van der Waals surface area contributed by atoms with Gasteiger partial charge in [0.05, 0.1) is 10.6 Å². The summed E-state index contributed by atoms with van der Waals surface area (Å²) in [7, 11) is 0. The van der Waals surface area contributed by atoms with Gasteiger partial charge in [-0.3, -0.25) is 0 Å². The number of aromatic nitrogens is 1. The van der Waals surface area contributed by atoms with E-state index < -0.39 is 11.7 Å². The van der Waals surface area contributed by atoms with Crippen molar-refractivity contribution >= 4 is 17.4 Å². The molecule has 1 N–H and O–H groups in total. The van der Waals surface area contributed by atoms with Crippen LogP contribution in [0.2, 0.25) is 5.02 Å². The number of likely N-dealkylation sites (tertiary alicyclic amines) is 1. The minimum Gasteiger partial charge on any atom is -0.365 e. The number of alkyl halides is 3. The molecule has 1 aliphatic rings. The lowest BCUT2D eigenvalue weighted by Gasteiger charge is -2.32. The molecule has 1 saturated heterocycles. The number of piperidine rings is 1. The Morgan fingerprint density at radius 1 is 1.50 bits per heavy atom. The highest BCUT2D eigenvalue weighted by Crippen LogP contribution is 2.32. The van der Waals surface area contributed by atoms with Gasteiger partial charge in [-0.25, -0.2) is 4.98 Å². The van der Waals surface area contributed by atoms with Crippen molar-refractivity contribution in [3.63, 3.8) is 0 Å². The highest BCUT2D eigenvalue weighted by molar-refractivity contribution is 6.33. The average Bonchev–Trinajstić information content (AvgIpc) is 2.40. The van der Waals surface area contributed by atoms with Crippen LogP contribution in [0.3, 0.4) is 0 Å². The Kier molecular flexibility index (Phi) is 4.75. The maximum Gasteiger partial charge on any atom is 0.417 e. The zero-order valence-corrected chi connectivity index (χ0v) is 11.9. The number of anilines is 1. The van der Waals surface area contributed by atoms with E-state index in [0.29, 0.717) is 5.82 Å². The molecule has 2 heterocycles. The topological polar surface area (TPSA) is 28.2 Å². The van der Waals surface area contributed by atoms with Crippen LogP contribution in [0.15, 0.2) is 12.3 Å². The fraction of sp³-hybridized carbons (Fsp3) is 0.615. The third kappa shape index (κ3) is 3.76. The lowest BCUT2D eigenvalue weighted by Crippen LogP contribution is -2.42. The van der Waals surface area contributed by atoms with Gasteiger partial charge in [-0.1, -0.05) is 18.5 Å². The normalized spacial score (nSPS) is 20.9. The lowest BCUT2D eigenvalue weighted by molar-refractivity contribution is -0.137. The molecule has 0 radical (unpaired) electrons. The van der Waals surface area contributed by atoms with Crippen LogP contribution in [-0.4, -0.2) is 35.6 Å². The zero-order chi connectivity index (χ0) is 14.8. The summed E-state index contributed by atoms with van der Waals surface area (Å²) >= 11 is 5.89. The Labute approximate surface area is 121 Å². The fourth-order valence-electron chi connectivity index (χ4n) is 2.35. The van der Waals surface area contributed by atoms with Crippen molar-refractivity contribution in [1.29, 1.82) is 0 Å². The summed E-state index contributed by atoms with van der Waals surface area (Å²) in [5.41, 5.74) is -0.827. The van der Waals surface area contributed by atoms with Crippen LogP contribution < -0.4 is 5.32 Å². The van der Waals surface area contributed by atoms with Crippen molar-refractivity contribution in [3.05, 3.63) is 22.8 Å². The molecule has 20 heavy (non-hydrogen) atoms. The third-order valence-electron chi connectivity index (χ3n) is 3.46. The highest BCUT2D eigenvalue weighted by atomic mass is 35.5. The second-order valence-corrected chi connectivity index (χ2v) is 5.34. The van der Waals surface area contributed by atoms with E-state index in [1.54, 1.807) is 0 Å². The molecule has 0 bridgehead atoms. The average molecular weight is 308 g/mol. The van der Waals surface area contributed by atoms with Gasteiger partial charge in [0.2, 0.25) is 0 Å². The molecule has 2 rings (SSSR count). The van der Waals surface area contributed by atoms with E-state index in [2.05, 4.69) is 22.1 Å². The quantitative estimate of drug-likeness (QED) is 0.924. The summed E-state index contributed by atoms with van der Waals surface area (Å²) < 4.78 is 37.6. The van der Waals surface area contributed by atoms with Crippen molar-refractivity contribution in [1.82, 2.24) is 9.88 Å². The molecule has 1 aromatic rings. The Morgan fingerprint density at radius 2 is 2.25 bits per heavy atom. The van der Waals surface area contributed by atoms with Crippen LogP contribution in [0.25, 0.3) is 0 Å². The summed E-state index contributed by atoms with van der Waals surface area (Å²) in [5, 5.41) is 3.15. The van der Waals surface area contributed by atoms with Crippen molar-refractivity contribution < 1.29 is 13.2 Å². The number of hydrogen-bond acceptors (Lipinski definition) is 3. The summed E-state index contributed by atoms with van der Waals surface area (Å²) in [6, 6.07) is 1.09. The predicted molar refractivity (Wildman–Crippen MR) is 73.0 cm³/mol. The molecule has 1 aliphatic heterocycles. The molecule has 112 valence electrons. The Morgan fingerprint density at radius 3 is 2.85 bits per heavy atom. The maximum absolute atomic E-state index is 12.5. The molecule has 1 atom stereocenters. The fourth-order valence-corrected chi connectivity index (χ4v) is 2.57. The number of nitrogens with zero attached hydrogens (tertiary/aromatic N) is 2. The van der Waals surface area contributed by atoms with Gasteiger partial charge in [0.25, 0.3) is 0 Å². The summed E-state index contributed by atoms with van der Waals surface area (Å²) in [4.78, 5) is 6.10. The number of pyridine rings is 1. The Balaban J connectivity index is 2.06. The number of hydrogen-bond donors (Lipinski definition) is 1. The van der Waals surface area contributed by atoms with Gasteiger partial charge in [-0.05, 0) is 32.0 Å². The summed E-state index contributed by atoms with van der Waals surface area (Å²) in [6.07, 6.45) is -1.58. The van der Waals surface area contributed by atoms with Gasteiger partial charge < -0.3 is 10.2 Å². The molecule has 7 heteroatoms. The van der Waals surface area contributed by atoms with Crippen LogP contribution in [0, 0.1) is 0 Å². The first-order chi connectivity index (χ1) is 9.40. The number of rotatable bonds is 3. The van der Waals surface area contributed by atoms with Crippen LogP contribution in [0.4, 0.5) is 19.0 Å². The number of nitrogens with one attached hydrogen (secondary N) is 1. The SMILES string of the molecule is CCN1CCCC(Nc2ncc(C(F)(F)F)cc2Cl)C1. The molecule has 0 spiro atoms. The monoisotopic (exact) mass is 307 g/mol. The van der Waals surface area contributed by atoms with Crippen LogP contribution in [0.1, 0.15) is 25.3 Å². The first-order valence-electron chi connectivity index (χ1n) is 6.61. The van der Waals surface area contributed by atoms with Crippen molar-refractivity contribution in [3.8, 4) is 0 Å². The minimum atomic E-state index is -4.42. The van der Waals surface area contributed by atoms with Gasteiger partial charge >= 0.3 is 6.18 Å². The number of likely N-dealkylation sites (N-methyl/N-ethyl adjacent to an activating group) is 1. The Bertz CT molecular complexity index is 465. The van der Waals surface area contributed by atoms with Gasteiger partial charge in [0, 0.05) is 18.8 Å². The van der Waals surface area contributed by atoms with E-state index in [1.165, 1.54) is 0 Å². The Hall–Kier alpha value is -1.01. The van der Waals surface area contributed by atoms with Crippen molar-refractivity contribution in [2.45, 2.75) is 32.0 Å². The summed E-state index contributed by atoms with van der Waals surface area (Å²) in [6.45, 7) is 4.97. The highest BCUT2D eigenvalue weighted by Gasteiger charge is 2.31. The van der Waals surface area contributed by atoms with Gasteiger partial charge in [0.15, 0.2) is 0 Å². The summed E-state index contributed by atoms with van der Waals surface area (Å²) in [5.74, 6) is 0.322. The second-order valence-electron chi connectivity index (χ2n) is 4.93. The smallest absolute Gasteiger partial charge is 0.365 e. The van der Waals surface area contributed by atoms with Gasteiger partial charge in [-0.2, -0.15) is 13.2 Å². The molecular weight excluding hydrogens is 291 g/mol. The van der Waals surface area contributed by atoms with Crippen LogP contribution in [0.5, 0.6) is 0 Å². The van der Waals surface area contributed by atoms with Gasteiger partial charge in [0.1, 0.15) is 5.82 Å². The third-order valence-corrected chi connectivity index (χ3v) is 3.75. The van der Waals surface area contributed by atoms with E-state index in [-0.39, 0.29) is 11.1 Å². The van der Waals surface area contributed by atoms with E-state index in [9.17, 15) is 13.2 Å². The molecular formula is C13H17ClF3N3. The largest absolute Gasteiger partial charge is 0.417 e. The van der Waals surface area contributed by atoms with Crippen LogP contribution >= 0.6 is 11.6 Å². The molecule has 0 aliphatic carbocycles. The first-order valence-corrected chi connectivity index (χ1v) is 6.99. The van der Waals surface area contributed by atoms with Crippen molar-refractivity contribution in [2.24, 2.45) is 0 Å². The van der Waals surface area contributed by atoms with E-state index >= 15 is 0 Å². The molecule has 0 saturated carbocycles. The number of halogens is 4. The molecule has 1 unspecified atom stereocenters. The van der Waals surface area contributed by atoms with Gasteiger partial charge in [-0.15, -0.1) is 0 Å². The zero-order valence-electron chi connectivity index (χ0n) is 11.2. The maximum atomic E-state index is 12.5. The van der Waals surface area contributed by atoms with E-state index in [0.717, 1.165) is 44.7 Å². The van der Waals surface area contributed by atoms with Crippen molar-refractivity contribution in [2.75, 3.05) is 25.0 Å². The predicted octanol–water partition coefficient (Wildman–Crippen LogP) is 3.65. The molecule has 0 amide bonds.